The van der Waals surface area contributed by atoms with Crippen molar-refractivity contribution in [1.82, 2.24) is 9.88 Å². The molecule has 0 spiro atoms. The Morgan fingerprint density at radius 1 is 1.33 bits per heavy atom. The lowest BCUT2D eigenvalue weighted by Crippen LogP contribution is -2.66. The number of halogens is 1. The Labute approximate surface area is 140 Å². The van der Waals surface area contributed by atoms with Crippen molar-refractivity contribution in [2.24, 2.45) is 0 Å². The minimum atomic E-state index is -1.40. The molecule has 1 amide bonds. The van der Waals surface area contributed by atoms with E-state index in [0.29, 0.717) is 5.56 Å². The van der Waals surface area contributed by atoms with Crippen LogP contribution < -0.4 is 0 Å². The number of aromatic nitrogens is 1. The standard InChI is InChI=1S/C17H23FN2O4/c1-10(2)11-6-7-12(18)19-13(11)17(14(21)22)8-20(9-17)15(23)24-16(3,4)5/h6-7,10H,8-9H2,1-5H3,(H,21,22). The molecule has 1 fully saturated rings. The number of carboxylic acid groups (broad SMARTS) is 1. The lowest BCUT2D eigenvalue weighted by molar-refractivity contribution is -0.150. The number of carboxylic acids is 1. The minimum Gasteiger partial charge on any atom is -0.480 e. The van der Waals surface area contributed by atoms with E-state index in [9.17, 15) is 19.1 Å². The van der Waals surface area contributed by atoms with Crippen LogP contribution in [0.2, 0.25) is 0 Å². The molecule has 0 unspecified atom stereocenters. The van der Waals surface area contributed by atoms with E-state index in [0.717, 1.165) is 0 Å². The Kier molecular flexibility index (Phi) is 4.57. The van der Waals surface area contributed by atoms with Crippen LogP contribution in [-0.2, 0) is 14.9 Å². The maximum absolute atomic E-state index is 13.6. The second-order valence-electron chi connectivity index (χ2n) is 7.45. The molecule has 1 N–H and O–H groups in total. The van der Waals surface area contributed by atoms with Crippen LogP contribution in [0, 0.1) is 5.95 Å². The molecule has 1 aliphatic heterocycles. The van der Waals surface area contributed by atoms with Crippen LogP contribution in [0.15, 0.2) is 12.1 Å². The second-order valence-corrected chi connectivity index (χ2v) is 7.45. The van der Waals surface area contributed by atoms with E-state index in [-0.39, 0.29) is 24.7 Å². The predicted octanol–water partition coefficient (Wildman–Crippen LogP) is 2.92. The zero-order chi connectivity index (χ0) is 18.3. The molecular formula is C17H23FN2O4. The zero-order valence-electron chi connectivity index (χ0n) is 14.6. The summed E-state index contributed by atoms with van der Waals surface area (Å²) >= 11 is 0. The van der Waals surface area contributed by atoms with Crippen molar-refractivity contribution in [2.75, 3.05) is 13.1 Å². The first-order valence-corrected chi connectivity index (χ1v) is 7.84. The van der Waals surface area contributed by atoms with Gasteiger partial charge in [0.25, 0.3) is 0 Å². The van der Waals surface area contributed by atoms with Gasteiger partial charge in [0.15, 0.2) is 0 Å². The van der Waals surface area contributed by atoms with Crippen LogP contribution >= 0.6 is 0 Å². The molecule has 1 aliphatic rings. The van der Waals surface area contributed by atoms with Crippen molar-refractivity contribution in [2.45, 2.75) is 51.6 Å². The lowest BCUT2D eigenvalue weighted by Gasteiger charge is -2.47. The van der Waals surface area contributed by atoms with Crippen molar-refractivity contribution >= 4 is 12.1 Å². The molecule has 0 saturated carbocycles. The summed E-state index contributed by atoms with van der Waals surface area (Å²) in [6, 6.07) is 2.78. The molecule has 1 aromatic heterocycles. The topological polar surface area (TPSA) is 79.7 Å². The normalized spacial score (nSPS) is 16.7. The largest absolute Gasteiger partial charge is 0.480 e. The molecule has 1 saturated heterocycles. The van der Waals surface area contributed by atoms with Gasteiger partial charge in [-0.15, -0.1) is 0 Å². The van der Waals surface area contributed by atoms with E-state index in [1.165, 1.54) is 11.0 Å². The molecule has 2 rings (SSSR count). The van der Waals surface area contributed by atoms with Crippen molar-refractivity contribution in [1.29, 1.82) is 0 Å². The fourth-order valence-corrected chi connectivity index (χ4v) is 2.74. The minimum absolute atomic E-state index is 0.0140. The number of pyridine rings is 1. The lowest BCUT2D eigenvalue weighted by atomic mass is 9.73. The van der Waals surface area contributed by atoms with Crippen molar-refractivity contribution < 1.29 is 23.8 Å². The van der Waals surface area contributed by atoms with Crippen LogP contribution in [0.3, 0.4) is 0 Å². The van der Waals surface area contributed by atoms with Crippen LogP contribution in [0.25, 0.3) is 0 Å². The smallest absolute Gasteiger partial charge is 0.410 e. The van der Waals surface area contributed by atoms with Gasteiger partial charge >= 0.3 is 12.1 Å². The molecule has 132 valence electrons. The number of amides is 1. The van der Waals surface area contributed by atoms with Gasteiger partial charge in [-0.3, -0.25) is 4.79 Å². The molecule has 0 atom stereocenters. The summed E-state index contributed by atoms with van der Waals surface area (Å²) in [6.07, 6.45) is -0.582. The molecule has 0 radical (unpaired) electrons. The molecule has 0 aliphatic carbocycles. The van der Waals surface area contributed by atoms with Gasteiger partial charge in [0.2, 0.25) is 5.95 Å². The molecule has 2 heterocycles. The third-order valence-electron chi connectivity index (χ3n) is 3.95. The summed E-state index contributed by atoms with van der Waals surface area (Å²) in [5.74, 6) is -1.87. The highest BCUT2D eigenvalue weighted by Gasteiger charge is 2.56. The Hall–Kier alpha value is -2.18. The number of hydrogen-bond acceptors (Lipinski definition) is 4. The van der Waals surface area contributed by atoms with Crippen molar-refractivity contribution in [3.8, 4) is 0 Å². The Morgan fingerprint density at radius 3 is 2.38 bits per heavy atom. The maximum atomic E-state index is 13.6. The average molecular weight is 338 g/mol. The number of carbonyl (C=O) groups is 2. The number of carbonyl (C=O) groups excluding carboxylic acids is 1. The first-order chi connectivity index (χ1) is 11.0. The van der Waals surface area contributed by atoms with E-state index in [4.69, 9.17) is 4.74 Å². The molecule has 7 heteroatoms. The predicted molar refractivity (Wildman–Crippen MR) is 85.4 cm³/mol. The van der Waals surface area contributed by atoms with Crippen LogP contribution in [0.4, 0.5) is 9.18 Å². The molecule has 1 aromatic rings. The molecule has 0 bridgehead atoms. The zero-order valence-corrected chi connectivity index (χ0v) is 14.6. The Bertz CT molecular complexity index is 661. The third-order valence-corrected chi connectivity index (χ3v) is 3.95. The number of nitrogens with zero attached hydrogens (tertiary/aromatic N) is 2. The molecule has 0 aromatic carbocycles. The van der Waals surface area contributed by atoms with Gasteiger partial charge in [-0.1, -0.05) is 19.9 Å². The fourth-order valence-electron chi connectivity index (χ4n) is 2.74. The number of aliphatic carboxylic acids is 1. The summed E-state index contributed by atoms with van der Waals surface area (Å²) in [5, 5.41) is 9.73. The summed E-state index contributed by atoms with van der Waals surface area (Å²) in [6.45, 7) is 8.80. The number of likely N-dealkylation sites (tertiary alicyclic amines) is 1. The molecular weight excluding hydrogens is 315 g/mol. The van der Waals surface area contributed by atoms with E-state index in [2.05, 4.69) is 4.98 Å². The highest BCUT2D eigenvalue weighted by molar-refractivity contribution is 5.86. The number of ether oxygens (including phenoxy) is 1. The van der Waals surface area contributed by atoms with Crippen molar-refractivity contribution in [3.63, 3.8) is 0 Å². The van der Waals surface area contributed by atoms with Gasteiger partial charge in [-0.05, 0) is 38.3 Å². The summed E-state index contributed by atoms with van der Waals surface area (Å²) < 4.78 is 18.9. The quantitative estimate of drug-likeness (QED) is 0.857. The second kappa shape index (κ2) is 6.03. The van der Waals surface area contributed by atoms with E-state index in [1.807, 2.05) is 13.8 Å². The van der Waals surface area contributed by atoms with Gasteiger partial charge in [0.1, 0.15) is 11.0 Å². The third kappa shape index (κ3) is 3.34. The summed E-state index contributed by atoms with van der Waals surface area (Å²) in [4.78, 5) is 29.1. The van der Waals surface area contributed by atoms with E-state index in [1.54, 1.807) is 26.8 Å². The highest BCUT2D eigenvalue weighted by atomic mass is 19.1. The SMILES string of the molecule is CC(C)c1ccc(F)nc1C1(C(=O)O)CN(C(=O)OC(C)(C)C)C1. The van der Waals surface area contributed by atoms with E-state index >= 15 is 0 Å². The van der Waals surface area contributed by atoms with Gasteiger partial charge in [0.05, 0.1) is 5.69 Å². The number of hydrogen-bond donors (Lipinski definition) is 1. The van der Waals surface area contributed by atoms with Gasteiger partial charge in [-0.25, -0.2) is 9.78 Å². The van der Waals surface area contributed by atoms with Crippen molar-refractivity contribution in [3.05, 3.63) is 29.3 Å². The summed E-state index contributed by atoms with van der Waals surface area (Å²) in [5.41, 5.74) is -1.22. The highest BCUT2D eigenvalue weighted by Crippen LogP contribution is 2.38. The first kappa shape index (κ1) is 18.2. The van der Waals surface area contributed by atoms with Crippen LogP contribution in [-0.4, -0.2) is 45.7 Å². The summed E-state index contributed by atoms with van der Waals surface area (Å²) in [7, 11) is 0. The van der Waals surface area contributed by atoms with E-state index < -0.39 is 29.0 Å². The Balaban J connectivity index is 2.32. The maximum Gasteiger partial charge on any atom is 0.410 e. The van der Waals surface area contributed by atoms with Gasteiger partial charge in [-0.2, -0.15) is 4.39 Å². The number of rotatable bonds is 3. The van der Waals surface area contributed by atoms with Gasteiger partial charge in [0, 0.05) is 13.1 Å². The first-order valence-electron chi connectivity index (χ1n) is 7.84. The van der Waals surface area contributed by atoms with Crippen LogP contribution in [0.1, 0.15) is 51.8 Å². The molecule has 24 heavy (non-hydrogen) atoms. The van der Waals surface area contributed by atoms with Gasteiger partial charge < -0.3 is 14.7 Å². The fraction of sp³-hybridized carbons (Fsp3) is 0.588. The Morgan fingerprint density at radius 2 is 1.92 bits per heavy atom. The monoisotopic (exact) mass is 338 g/mol. The van der Waals surface area contributed by atoms with Crippen LogP contribution in [0.5, 0.6) is 0 Å². The average Bonchev–Trinajstić information content (AvgIpc) is 2.34. The molecule has 6 nitrogen and oxygen atoms in total.